The van der Waals surface area contributed by atoms with E-state index in [1.165, 1.54) is 0 Å². The normalized spacial score (nSPS) is 19.3. The van der Waals surface area contributed by atoms with Gasteiger partial charge in [0.2, 0.25) is 5.91 Å². The average Bonchev–Trinajstić information content (AvgIpc) is 1.98. The Morgan fingerprint density at radius 3 is 2.47 bits per heavy atom. The number of nitrogens with two attached hydrogens (primary N) is 1. The summed E-state index contributed by atoms with van der Waals surface area (Å²) in [5.74, 6) is -0.170. The van der Waals surface area contributed by atoms with Gasteiger partial charge in [-0.05, 0) is 19.3 Å². The first-order chi connectivity index (χ1) is 6.81. The number of carbonyl (C=O) groups excluding carboxylic acids is 1. The van der Waals surface area contributed by atoms with Crippen molar-refractivity contribution in [2.45, 2.75) is 31.2 Å². The summed E-state index contributed by atoms with van der Waals surface area (Å²) >= 11 is 0. The molecule has 0 unspecified atom stereocenters. The fourth-order valence-electron chi connectivity index (χ4n) is 1.57. The molecule has 0 heterocycles. The number of hydrogen-bond donors (Lipinski definition) is 2. The molecule has 6 heteroatoms. The Balaban J connectivity index is 2.19. The van der Waals surface area contributed by atoms with E-state index < -0.39 is 9.84 Å². The van der Waals surface area contributed by atoms with Gasteiger partial charge in [0.1, 0.15) is 9.84 Å². The lowest BCUT2D eigenvalue weighted by atomic mass is 9.75. The molecular weight excluding hydrogens is 216 g/mol. The van der Waals surface area contributed by atoms with Crippen molar-refractivity contribution < 1.29 is 13.2 Å². The van der Waals surface area contributed by atoms with Crippen LogP contribution < -0.4 is 11.1 Å². The SMILES string of the molecule is CS(=O)(=O)CCNC(=O)CC1(N)CCC1. The summed E-state index contributed by atoms with van der Waals surface area (Å²) in [6.07, 6.45) is 4.29. The molecule has 1 saturated carbocycles. The van der Waals surface area contributed by atoms with Crippen LogP contribution in [0.25, 0.3) is 0 Å². The van der Waals surface area contributed by atoms with Crippen LogP contribution in [0.3, 0.4) is 0 Å². The molecule has 0 aromatic rings. The first-order valence-electron chi connectivity index (χ1n) is 5.04. The lowest BCUT2D eigenvalue weighted by molar-refractivity contribution is -0.122. The molecule has 1 aliphatic rings. The van der Waals surface area contributed by atoms with Gasteiger partial charge in [0, 0.05) is 24.8 Å². The Labute approximate surface area is 90.3 Å². The number of nitrogens with one attached hydrogen (secondary N) is 1. The topological polar surface area (TPSA) is 89.3 Å². The molecule has 1 aliphatic carbocycles. The number of rotatable bonds is 5. The van der Waals surface area contributed by atoms with E-state index >= 15 is 0 Å². The van der Waals surface area contributed by atoms with Crippen molar-refractivity contribution in [2.75, 3.05) is 18.6 Å². The van der Waals surface area contributed by atoms with Gasteiger partial charge in [-0.15, -0.1) is 0 Å². The molecule has 0 saturated heterocycles. The van der Waals surface area contributed by atoms with E-state index in [0.717, 1.165) is 25.5 Å². The second-order valence-corrected chi connectivity index (χ2v) is 6.63. The standard InChI is InChI=1S/C9H18N2O3S/c1-15(13,14)6-5-11-8(12)7-9(10)3-2-4-9/h2-7,10H2,1H3,(H,11,12). The Hall–Kier alpha value is -0.620. The molecular formula is C9H18N2O3S. The Morgan fingerprint density at radius 1 is 1.47 bits per heavy atom. The van der Waals surface area contributed by atoms with E-state index in [9.17, 15) is 13.2 Å². The summed E-state index contributed by atoms with van der Waals surface area (Å²) < 4.78 is 21.6. The third-order valence-electron chi connectivity index (χ3n) is 2.66. The lowest BCUT2D eigenvalue weighted by Crippen LogP contribution is -2.50. The van der Waals surface area contributed by atoms with Gasteiger partial charge in [-0.25, -0.2) is 8.42 Å². The molecule has 15 heavy (non-hydrogen) atoms. The molecule has 5 nitrogen and oxygen atoms in total. The molecule has 0 aromatic heterocycles. The highest BCUT2D eigenvalue weighted by Crippen LogP contribution is 2.31. The third kappa shape index (κ3) is 4.61. The highest BCUT2D eigenvalue weighted by molar-refractivity contribution is 7.90. The van der Waals surface area contributed by atoms with Gasteiger partial charge < -0.3 is 11.1 Å². The maximum atomic E-state index is 11.4. The zero-order valence-electron chi connectivity index (χ0n) is 8.95. The van der Waals surface area contributed by atoms with E-state index in [1.54, 1.807) is 0 Å². The minimum Gasteiger partial charge on any atom is -0.355 e. The van der Waals surface area contributed by atoms with Gasteiger partial charge in [-0.3, -0.25) is 4.79 Å². The van der Waals surface area contributed by atoms with Gasteiger partial charge in [0.25, 0.3) is 0 Å². The van der Waals surface area contributed by atoms with Crippen LogP contribution in [0.4, 0.5) is 0 Å². The average molecular weight is 234 g/mol. The first-order valence-corrected chi connectivity index (χ1v) is 7.10. The largest absolute Gasteiger partial charge is 0.355 e. The fraction of sp³-hybridized carbons (Fsp3) is 0.889. The summed E-state index contributed by atoms with van der Waals surface area (Å²) in [6.45, 7) is 0.174. The monoisotopic (exact) mass is 234 g/mol. The van der Waals surface area contributed by atoms with Gasteiger partial charge in [0.05, 0.1) is 5.75 Å². The van der Waals surface area contributed by atoms with Crippen LogP contribution in [-0.2, 0) is 14.6 Å². The van der Waals surface area contributed by atoms with Crippen molar-refractivity contribution in [3.63, 3.8) is 0 Å². The van der Waals surface area contributed by atoms with Crippen LogP contribution >= 0.6 is 0 Å². The first kappa shape index (κ1) is 12.4. The second-order valence-electron chi connectivity index (χ2n) is 4.37. The van der Waals surface area contributed by atoms with Crippen LogP contribution in [0.1, 0.15) is 25.7 Å². The molecule has 88 valence electrons. The molecule has 0 aliphatic heterocycles. The number of carbonyl (C=O) groups is 1. The second kappa shape index (κ2) is 4.49. The van der Waals surface area contributed by atoms with Crippen molar-refractivity contribution in [3.05, 3.63) is 0 Å². The van der Waals surface area contributed by atoms with E-state index in [-0.39, 0.29) is 23.7 Å². The highest BCUT2D eigenvalue weighted by atomic mass is 32.2. The summed E-state index contributed by atoms with van der Waals surface area (Å²) in [7, 11) is -3.00. The van der Waals surface area contributed by atoms with E-state index in [1.807, 2.05) is 0 Å². The molecule has 0 radical (unpaired) electrons. The van der Waals surface area contributed by atoms with Crippen molar-refractivity contribution in [1.82, 2.24) is 5.32 Å². The quantitative estimate of drug-likeness (QED) is 0.666. The third-order valence-corrected chi connectivity index (χ3v) is 3.60. The van der Waals surface area contributed by atoms with Crippen LogP contribution in [0, 0.1) is 0 Å². The predicted octanol–water partition coefficient (Wildman–Crippen LogP) is -0.581. The summed E-state index contributed by atoms with van der Waals surface area (Å²) in [4.78, 5) is 11.4. The minimum atomic E-state index is -3.00. The maximum Gasteiger partial charge on any atom is 0.221 e. The van der Waals surface area contributed by atoms with Crippen molar-refractivity contribution in [1.29, 1.82) is 0 Å². The summed E-state index contributed by atoms with van der Waals surface area (Å²) in [5, 5.41) is 2.57. The van der Waals surface area contributed by atoms with Gasteiger partial charge in [-0.2, -0.15) is 0 Å². The fourth-order valence-corrected chi connectivity index (χ4v) is 2.04. The van der Waals surface area contributed by atoms with Crippen molar-refractivity contribution in [3.8, 4) is 0 Å². The zero-order chi connectivity index (χ0) is 11.5. The lowest BCUT2D eigenvalue weighted by Gasteiger charge is -2.37. The van der Waals surface area contributed by atoms with Crippen LogP contribution in [0.2, 0.25) is 0 Å². The van der Waals surface area contributed by atoms with Crippen LogP contribution in [0.5, 0.6) is 0 Å². The number of sulfone groups is 1. The van der Waals surface area contributed by atoms with Crippen LogP contribution in [-0.4, -0.2) is 38.4 Å². The van der Waals surface area contributed by atoms with Crippen molar-refractivity contribution in [2.24, 2.45) is 5.73 Å². The summed E-state index contributed by atoms with van der Waals surface area (Å²) in [6, 6.07) is 0. The minimum absolute atomic E-state index is 0.0175. The van der Waals surface area contributed by atoms with Gasteiger partial charge in [0.15, 0.2) is 0 Å². The molecule has 1 fully saturated rings. The molecule has 0 spiro atoms. The summed E-state index contributed by atoms with van der Waals surface area (Å²) in [5.41, 5.74) is 5.54. The Kier molecular flexibility index (Phi) is 3.72. The van der Waals surface area contributed by atoms with Gasteiger partial charge in [-0.1, -0.05) is 0 Å². The highest BCUT2D eigenvalue weighted by Gasteiger charge is 2.34. The predicted molar refractivity (Wildman–Crippen MR) is 58.1 cm³/mol. The van der Waals surface area contributed by atoms with Crippen LogP contribution in [0.15, 0.2) is 0 Å². The molecule has 0 bridgehead atoms. The molecule has 1 amide bonds. The Bertz CT molecular complexity index is 333. The van der Waals surface area contributed by atoms with E-state index in [4.69, 9.17) is 5.73 Å². The molecule has 0 atom stereocenters. The maximum absolute atomic E-state index is 11.4. The number of amides is 1. The molecule has 3 N–H and O–H groups in total. The smallest absolute Gasteiger partial charge is 0.221 e. The number of hydrogen-bond acceptors (Lipinski definition) is 4. The van der Waals surface area contributed by atoms with E-state index in [0.29, 0.717) is 6.42 Å². The van der Waals surface area contributed by atoms with E-state index in [2.05, 4.69) is 5.32 Å². The molecule has 1 rings (SSSR count). The Morgan fingerprint density at radius 2 is 2.07 bits per heavy atom. The van der Waals surface area contributed by atoms with Crippen molar-refractivity contribution >= 4 is 15.7 Å². The molecule has 0 aromatic carbocycles. The zero-order valence-corrected chi connectivity index (χ0v) is 9.77. The van der Waals surface area contributed by atoms with Gasteiger partial charge >= 0.3 is 0 Å².